The van der Waals surface area contributed by atoms with Gasteiger partial charge in [-0.25, -0.2) is 9.29 Å². The van der Waals surface area contributed by atoms with Gasteiger partial charge in [0.1, 0.15) is 0 Å². The Kier molecular flexibility index (Phi) is 7.03. The minimum atomic E-state index is -4.79. The zero-order chi connectivity index (χ0) is 22.9. The van der Waals surface area contributed by atoms with Crippen LogP contribution in [0, 0.1) is 0 Å². The summed E-state index contributed by atoms with van der Waals surface area (Å²) in [4.78, 5) is 13.0. The molecule has 0 radical (unpaired) electrons. The van der Waals surface area contributed by atoms with Crippen LogP contribution in [0.3, 0.4) is 0 Å². The predicted molar refractivity (Wildman–Crippen MR) is 108 cm³/mol. The normalized spacial score (nSPS) is 21.7. The van der Waals surface area contributed by atoms with Crippen LogP contribution in [0.1, 0.15) is 39.7 Å². The minimum Gasteiger partial charge on any atom is -0.760 e. The Morgan fingerprint density at radius 1 is 1.39 bits per heavy atom. The van der Waals surface area contributed by atoms with Gasteiger partial charge in [0.15, 0.2) is 23.1 Å². The summed E-state index contributed by atoms with van der Waals surface area (Å²) in [6, 6.07) is -1.60. The highest BCUT2D eigenvalue weighted by atomic mass is 32.2. The summed E-state index contributed by atoms with van der Waals surface area (Å²) in [6.45, 7) is 5.71. The number of fused-ring (bicyclic) bond motifs is 1. The second-order valence-electron chi connectivity index (χ2n) is 7.63. The molecule has 5 atom stereocenters. The first kappa shape index (κ1) is 23.6. The predicted octanol–water partition coefficient (Wildman–Crippen LogP) is 1.80. The van der Waals surface area contributed by atoms with Crippen molar-refractivity contribution in [3.63, 3.8) is 0 Å². The third-order valence-corrected chi connectivity index (χ3v) is 6.11. The number of aliphatic hydroxyl groups is 1. The van der Waals surface area contributed by atoms with Gasteiger partial charge in [0, 0.05) is 36.4 Å². The number of nitrogens with one attached hydrogen (secondary N) is 2. The molecule has 10 nitrogen and oxygen atoms in total. The molecule has 0 aromatic carbocycles. The topological polar surface area (TPSA) is 131 Å². The molecular formula is C17H25F3N7O3S-. The summed E-state index contributed by atoms with van der Waals surface area (Å²) in [5, 5.41) is 15.2. The number of hydrogen-bond acceptors (Lipinski definition) is 8. The number of aliphatic hydroxyl groups excluding tert-OH is 1. The van der Waals surface area contributed by atoms with Crippen LogP contribution in [-0.2, 0) is 11.3 Å². The van der Waals surface area contributed by atoms with Gasteiger partial charge in [0.05, 0.1) is 12.4 Å². The van der Waals surface area contributed by atoms with E-state index in [2.05, 4.69) is 25.6 Å². The van der Waals surface area contributed by atoms with Crippen molar-refractivity contribution in [1.29, 1.82) is 0 Å². The lowest BCUT2D eigenvalue weighted by molar-refractivity contribution is -0.206. The highest BCUT2D eigenvalue weighted by Gasteiger charge is 2.42. The maximum absolute atomic E-state index is 12.9. The molecule has 3 heterocycles. The molecule has 1 saturated heterocycles. The van der Waals surface area contributed by atoms with E-state index in [4.69, 9.17) is 0 Å². The van der Waals surface area contributed by atoms with Crippen LogP contribution in [0.4, 0.5) is 24.9 Å². The molecule has 1 aliphatic rings. The summed E-state index contributed by atoms with van der Waals surface area (Å²) in [5.74, 6) is 0.185. The van der Waals surface area contributed by atoms with Crippen LogP contribution >= 0.6 is 0 Å². The zero-order valence-electron chi connectivity index (χ0n) is 17.3. The fraction of sp³-hybridized carbons (Fsp3) is 0.706. The van der Waals surface area contributed by atoms with Crippen LogP contribution in [-0.4, -0.2) is 75.1 Å². The molecule has 2 aromatic heterocycles. The fourth-order valence-electron chi connectivity index (χ4n) is 3.34. The van der Waals surface area contributed by atoms with Gasteiger partial charge in [0.2, 0.25) is 5.95 Å². The number of aromatic nitrogens is 4. The largest absolute Gasteiger partial charge is 0.760 e. The molecule has 174 valence electrons. The number of rotatable bonds is 8. The molecule has 0 bridgehead atoms. The lowest BCUT2D eigenvalue weighted by Crippen LogP contribution is -2.42. The van der Waals surface area contributed by atoms with E-state index >= 15 is 0 Å². The molecule has 3 rings (SSSR count). The van der Waals surface area contributed by atoms with E-state index in [1.807, 2.05) is 13.8 Å². The van der Waals surface area contributed by atoms with E-state index in [1.165, 1.54) is 11.2 Å². The number of alkyl halides is 3. The molecule has 0 aliphatic carbocycles. The lowest BCUT2D eigenvalue weighted by atomic mass is 10.2. The van der Waals surface area contributed by atoms with E-state index in [0.29, 0.717) is 24.1 Å². The standard InChI is InChI=1S/C17H26F3N7O3S/c1-4-9(2)27-8-21-12-14(23-11-5-6-26(7-11)31(29)30)24-16(25-15(12)27)22-10(3)13(28)17(18,19)20/h8-11,13,28H,4-7H2,1-3H3,(H,29,30)(H2,22,23,24,25)/p-1. The summed E-state index contributed by atoms with van der Waals surface area (Å²) in [7, 11) is 0. The first-order chi connectivity index (χ1) is 14.5. The van der Waals surface area contributed by atoms with Gasteiger partial charge in [-0.1, -0.05) is 6.92 Å². The van der Waals surface area contributed by atoms with Crippen molar-refractivity contribution in [1.82, 2.24) is 23.8 Å². The molecule has 0 saturated carbocycles. The second-order valence-corrected chi connectivity index (χ2v) is 8.58. The zero-order valence-corrected chi connectivity index (χ0v) is 18.1. The van der Waals surface area contributed by atoms with Crippen LogP contribution in [0.15, 0.2) is 6.33 Å². The average Bonchev–Trinajstić information content (AvgIpc) is 3.33. The maximum Gasteiger partial charge on any atom is 0.416 e. The van der Waals surface area contributed by atoms with Crippen molar-refractivity contribution >= 4 is 34.2 Å². The van der Waals surface area contributed by atoms with Crippen molar-refractivity contribution in [3.05, 3.63) is 6.33 Å². The molecule has 1 aliphatic heterocycles. The SMILES string of the molecule is CCC(C)n1cnc2c(NC3CCN(S(=O)[O-])C3)nc(NC(C)C(O)C(F)(F)F)nc21. The Hall–Kier alpha value is -2.03. The number of halogens is 3. The Morgan fingerprint density at radius 2 is 2.10 bits per heavy atom. The molecule has 2 aromatic rings. The number of hydrogen-bond donors (Lipinski definition) is 3. The van der Waals surface area contributed by atoms with Gasteiger partial charge in [-0.05, 0) is 26.7 Å². The van der Waals surface area contributed by atoms with Gasteiger partial charge in [-0.2, -0.15) is 23.1 Å². The highest BCUT2D eigenvalue weighted by molar-refractivity contribution is 7.76. The number of nitrogens with zero attached hydrogens (tertiary/aromatic N) is 5. The van der Waals surface area contributed by atoms with Crippen LogP contribution in [0.5, 0.6) is 0 Å². The van der Waals surface area contributed by atoms with Crippen LogP contribution in [0.2, 0.25) is 0 Å². The van der Waals surface area contributed by atoms with E-state index in [-0.39, 0.29) is 30.4 Å². The molecule has 3 N–H and O–H groups in total. The van der Waals surface area contributed by atoms with Gasteiger partial charge in [-0.3, -0.25) is 4.21 Å². The third kappa shape index (κ3) is 5.25. The van der Waals surface area contributed by atoms with E-state index < -0.39 is 29.6 Å². The molecule has 31 heavy (non-hydrogen) atoms. The summed E-state index contributed by atoms with van der Waals surface area (Å²) in [5.41, 5.74) is 0.849. The Balaban J connectivity index is 1.94. The van der Waals surface area contributed by atoms with Crippen molar-refractivity contribution < 1.29 is 27.0 Å². The van der Waals surface area contributed by atoms with Crippen molar-refractivity contribution in [2.45, 2.75) is 64.0 Å². The molecule has 1 fully saturated rings. The third-order valence-electron chi connectivity index (χ3n) is 5.36. The van der Waals surface area contributed by atoms with E-state index in [9.17, 15) is 27.0 Å². The van der Waals surface area contributed by atoms with E-state index in [0.717, 1.165) is 6.42 Å². The molecule has 0 amide bonds. The molecular weight excluding hydrogens is 439 g/mol. The summed E-state index contributed by atoms with van der Waals surface area (Å²) < 4.78 is 64.0. The van der Waals surface area contributed by atoms with E-state index in [1.54, 1.807) is 10.9 Å². The Labute approximate surface area is 179 Å². The number of imidazole rings is 1. The quantitative estimate of drug-likeness (QED) is 0.504. The second kappa shape index (κ2) is 9.22. The highest BCUT2D eigenvalue weighted by Crippen LogP contribution is 2.28. The minimum absolute atomic E-state index is 0.0312. The molecule has 5 unspecified atom stereocenters. The van der Waals surface area contributed by atoms with Crippen LogP contribution in [0.25, 0.3) is 11.2 Å². The average molecular weight is 464 g/mol. The number of anilines is 2. The smallest absolute Gasteiger partial charge is 0.416 e. The molecule has 0 spiro atoms. The lowest BCUT2D eigenvalue weighted by Gasteiger charge is -2.23. The summed E-state index contributed by atoms with van der Waals surface area (Å²) >= 11 is -2.33. The van der Waals surface area contributed by atoms with Gasteiger partial charge in [0.25, 0.3) is 0 Å². The monoisotopic (exact) mass is 464 g/mol. The van der Waals surface area contributed by atoms with Gasteiger partial charge >= 0.3 is 6.18 Å². The maximum atomic E-state index is 12.9. The Morgan fingerprint density at radius 3 is 2.68 bits per heavy atom. The molecule has 14 heteroatoms. The fourth-order valence-corrected chi connectivity index (χ4v) is 3.90. The summed E-state index contributed by atoms with van der Waals surface area (Å²) in [6.07, 6.45) is -4.49. The van der Waals surface area contributed by atoms with Crippen molar-refractivity contribution in [2.24, 2.45) is 0 Å². The van der Waals surface area contributed by atoms with Gasteiger partial charge in [-0.15, -0.1) is 0 Å². The van der Waals surface area contributed by atoms with Gasteiger partial charge < -0.3 is 24.9 Å². The first-order valence-corrected chi connectivity index (χ1v) is 10.9. The first-order valence-electron chi connectivity index (χ1n) is 9.88. The van der Waals surface area contributed by atoms with Crippen LogP contribution < -0.4 is 10.6 Å². The van der Waals surface area contributed by atoms with Crippen molar-refractivity contribution in [3.8, 4) is 0 Å². The van der Waals surface area contributed by atoms with Crippen molar-refractivity contribution in [2.75, 3.05) is 23.7 Å². The Bertz CT molecular complexity index is 942.